The van der Waals surface area contributed by atoms with Crippen molar-refractivity contribution < 1.29 is 13.9 Å². The molecule has 3 aromatic rings. The van der Waals surface area contributed by atoms with Gasteiger partial charge in [-0.25, -0.2) is 9.37 Å². The minimum atomic E-state index is -0.388. The lowest BCUT2D eigenvalue weighted by Gasteiger charge is -2.34. The van der Waals surface area contributed by atoms with E-state index in [-0.39, 0.29) is 28.7 Å². The number of nitrogens with zero attached hydrogens (tertiary/aromatic N) is 4. The van der Waals surface area contributed by atoms with Gasteiger partial charge < -0.3 is 19.7 Å². The summed E-state index contributed by atoms with van der Waals surface area (Å²) >= 11 is 0. The maximum atomic E-state index is 14.3. The maximum absolute atomic E-state index is 14.3. The SMILES string of the molecule is O=c1cnc2ccc(=O)n3c2n1CC3CN1CCC(NCc2cc(F)c3c(c2)OCCO3)CC1. The van der Waals surface area contributed by atoms with Gasteiger partial charge in [-0.05, 0) is 49.7 Å². The second-order valence-electron chi connectivity index (χ2n) is 9.17. The smallest absolute Gasteiger partial charge is 0.270 e. The minimum Gasteiger partial charge on any atom is -0.486 e. The van der Waals surface area contributed by atoms with Crippen LogP contribution in [0.25, 0.3) is 11.2 Å². The molecule has 1 atom stereocenters. The number of halogens is 1. The van der Waals surface area contributed by atoms with Crippen LogP contribution in [0.4, 0.5) is 4.39 Å². The zero-order valence-electron chi connectivity index (χ0n) is 18.7. The Balaban J connectivity index is 1.07. The molecule has 3 aliphatic rings. The number of nitrogens with one attached hydrogen (secondary N) is 1. The average Bonchev–Trinajstić information content (AvgIpc) is 3.24. The quantitative estimate of drug-likeness (QED) is 0.605. The molecule has 0 aliphatic carbocycles. The Labute approximate surface area is 194 Å². The molecular weight excluding hydrogens is 441 g/mol. The van der Waals surface area contributed by atoms with Gasteiger partial charge in [-0.2, -0.15) is 0 Å². The van der Waals surface area contributed by atoms with Crippen LogP contribution in [0.5, 0.6) is 11.5 Å². The first kappa shape index (κ1) is 21.3. The van der Waals surface area contributed by atoms with Crippen molar-refractivity contribution in [3.63, 3.8) is 0 Å². The molecule has 1 unspecified atom stereocenters. The van der Waals surface area contributed by atoms with E-state index in [2.05, 4.69) is 15.2 Å². The van der Waals surface area contributed by atoms with Crippen molar-refractivity contribution >= 4 is 11.2 Å². The Kier molecular flexibility index (Phi) is 5.34. The van der Waals surface area contributed by atoms with E-state index in [0.29, 0.717) is 55.8 Å². The topological polar surface area (TPSA) is 90.6 Å². The highest BCUT2D eigenvalue weighted by Crippen LogP contribution is 2.34. The molecule has 1 N–H and O–H groups in total. The zero-order chi connectivity index (χ0) is 23.2. The molecule has 0 amide bonds. The Morgan fingerprint density at radius 3 is 2.76 bits per heavy atom. The van der Waals surface area contributed by atoms with Crippen LogP contribution in [0.3, 0.4) is 0 Å². The van der Waals surface area contributed by atoms with Gasteiger partial charge in [-0.15, -0.1) is 0 Å². The van der Waals surface area contributed by atoms with E-state index in [1.165, 1.54) is 18.3 Å². The molecule has 0 saturated carbocycles. The van der Waals surface area contributed by atoms with Crippen LogP contribution in [0.1, 0.15) is 24.4 Å². The second-order valence-corrected chi connectivity index (χ2v) is 9.17. The lowest BCUT2D eigenvalue weighted by molar-refractivity contribution is 0.163. The minimum absolute atomic E-state index is 0.0849. The predicted octanol–water partition coefficient (Wildman–Crippen LogP) is 1.28. The van der Waals surface area contributed by atoms with Crippen molar-refractivity contribution in [1.82, 2.24) is 24.3 Å². The van der Waals surface area contributed by atoms with E-state index in [1.807, 2.05) is 6.07 Å². The molecule has 9 nitrogen and oxygen atoms in total. The van der Waals surface area contributed by atoms with Gasteiger partial charge in [0.1, 0.15) is 24.4 Å². The molecule has 3 aliphatic heterocycles. The summed E-state index contributed by atoms with van der Waals surface area (Å²) in [5, 5.41) is 3.53. The highest BCUT2D eigenvalue weighted by atomic mass is 19.1. The Morgan fingerprint density at radius 1 is 1.09 bits per heavy atom. The number of pyridine rings is 1. The molecule has 0 bridgehead atoms. The fourth-order valence-electron chi connectivity index (χ4n) is 5.31. The van der Waals surface area contributed by atoms with Crippen LogP contribution in [-0.4, -0.2) is 57.9 Å². The van der Waals surface area contributed by atoms with Crippen molar-refractivity contribution in [3.8, 4) is 11.5 Å². The van der Waals surface area contributed by atoms with E-state index in [4.69, 9.17) is 9.47 Å². The van der Waals surface area contributed by atoms with Gasteiger partial charge >= 0.3 is 0 Å². The van der Waals surface area contributed by atoms with Gasteiger partial charge in [0.15, 0.2) is 17.3 Å². The van der Waals surface area contributed by atoms with Crippen LogP contribution in [0.15, 0.2) is 40.1 Å². The van der Waals surface area contributed by atoms with E-state index in [9.17, 15) is 14.0 Å². The molecule has 1 fully saturated rings. The van der Waals surface area contributed by atoms with E-state index in [0.717, 1.165) is 31.5 Å². The predicted molar refractivity (Wildman–Crippen MR) is 123 cm³/mol. The maximum Gasteiger partial charge on any atom is 0.270 e. The standard InChI is InChI=1S/C24H26FN5O4/c25-18-9-15(10-20-23(18)34-8-7-33-20)11-26-16-3-5-28(6-4-16)13-17-14-29-22(32)12-27-19-1-2-21(31)30(17)24(19)29/h1-2,9-10,12,16-17,26H,3-8,11,13-14H2. The summed E-state index contributed by atoms with van der Waals surface area (Å²) in [4.78, 5) is 31.4. The van der Waals surface area contributed by atoms with Gasteiger partial charge in [0.05, 0.1) is 12.2 Å². The lowest BCUT2D eigenvalue weighted by atomic mass is 10.0. The monoisotopic (exact) mass is 467 g/mol. The zero-order valence-corrected chi connectivity index (χ0v) is 18.7. The Morgan fingerprint density at radius 2 is 1.91 bits per heavy atom. The number of likely N-dealkylation sites (tertiary alicyclic amines) is 1. The number of aromatic nitrogens is 3. The number of ether oxygens (including phenoxy) is 2. The van der Waals surface area contributed by atoms with Crippen LogP contribution >= 0.6 is 0 Å². The highest BCUT2D eigenvalue weighted by molar-refractivity contribution is 5.71. The van der Waals surface area contributed by atoms with Crippen LogP contribution < -0.4 is 25.9 Å². The fraction of sp³-hybridized carbons (Fsp3) is 0.458. The van der Waals surface area contributed by atoms with Gasteiger partial charge in [0, 0.05) is 31.7 Å². The fourth-order valence-corrected chi connectivity index (χ4v) is 5.31. The largest absolute Gasteiger partial charge is 0.486 e. The summed E-state index contributed by atoms with van der Waals surface area (Å²) in [6.07, 6.45) is 3.23. The molecule has 5 heterocycles. The third-order valence-electron chi connectivity index (χ3n) is 6.98. The summed E-state index contributed by atoms with van der Waals surface area (Å²) in [6.45, 7) is 4.33. The van der Waals surface area contributed by atoms with E-state index >= 15 is 0 Å². The summed E-state index contributed by atoms with van der Waals surface area (Å²) in [5.41, 5.74) is 1.85. The molecule has 0 spiro atoms. The summed E-state index contributed by atoms with van der Waals surface area (Å²) in [7, 11) is 0. The Bertz CT molecular complexity index is 1360. The third-order valence-corrected chi connectivity index (χ3v) is 6.98. The number of fused-ring (bicyclic) bond motifs is 1. The molecule has 6 rings (SSSR count). The molecule has 1 saturated heterocycles. The Hall–Kier alpha value is -3.24. The average molecular weight is 468 g/mol. The van der Waals surface area contributed by atoms with Crippen molar-refractivity contribution in [2.24, 2.45) is 0 Å². The first-order valence-electron chi connectivity index (χ1n) is 11.7. The molecule has 10 heteroatoms. The lowest BCUT2D eigenvalue weighted by Crippen LogP contribution is -2.44. The summed E-state index contributed by atoms with van der Waals surface area (Å²) in [6, 6.07) is 6.79. The van der Waals surface area contributed by atoms with Gasteiger partial charge in [-0.1, -0.05) is 0 Å². The van der Waals surface area contributed by atoms with E-state index in [1.54, 1.807) is 15.2 Å². The number of piperidine rings is 1. The molecular formula is C24H26FN5O4. The first-order chi connectivity index (χ1) is 16.6. The van der Waals surface area contributed by atoms with Crippen LogP contribution in [0.2, 0.25) is 0 Å². The second kappa shape index (κ2) is 8.52. The van der Waals surface area contributed by atoms with Crippen LogP contribution in [-0.2, 0) is 13.1 Å². The molecule has 2 aromatic heterocycles. The highest BCUT2D eigenvalue weighted by Gasteiger charge is 2.29. The molecule has 178 valence electrons. The summed E-state index contributed by atoms with van der Waals surface area (Å²) < 4.78 is 28.6. The van der Waals surface area contributed by atoms with Gasteiger partial charge in [0.25, 0.3) is 11.1 Å². The van der Waals surface area contributed by atoms with E-state index < -0.39 is 0 Å². The normalized spacial score (nSPS) is 20.2. The molecule has 1 aromatic carbocycles. The number of benzene rings is 1. The number of rotatable bonds is 5. The van der Waals surface area contributed by atoms with Gasteiger partial charge in [-0.3, -0.25) is 18.7 Å². The third kappa shape index (κ3) is 3.76. The van der Waals surface area contributed by atoms with Crippen molar-refractivity contribution in [2.75, 3.05) is 32.8 Å². The number of hydrogen-bond donors (Lipinski definition) is 1. The van der Waals surface area contributed by atoms with Crippen LogP contribution in [0, 0.1) is 5.82 Å². The van der Waals surface area contributed by atoms with Crippen molar-refractivity contribution in [3.05, 3.63) is 62.6 Å². The van der Waals surface area contributed by atoms with Crippen molar-refractivity contribution in [2.45, 2.75) is 38.0 Å². The number of hydrogen-bond acceptors (Lipinski definition) is 7. The molecule has 0 radical (unpaired) electrons. The van der Waals surface area contributed by atoms with Gasteiger partial charge in [0.2, 0.25) is 0 Å². The van der Waals surface area contributed by atoms with Crippen molar-refractivity contribution in [1.29, 1.82) is 0 Å². The first-order valence-corrected chi connectivity index (χ1v) is 11.7. The molecule has 34 heavy (non-hydrogen) atoms. The summed E-state index contributed by atoms with van der Waals surface area (Å²) in [5.74, 6) is 0.279.